The van der Waals surface area contributed by atoms with Gasteiger partial charge in [0.25, 0.3) is 0 Å². The Hall–Kier alpha value is -2.03. The summed E-state index contributed by atoms with van der Waals surface area (Å²) in [6.07, 6.45) is 3.65. The third-order valence-corrected chi connectivity index (χ3v) is 8.63. The minimum atomic E-state index is -0.158. The maximum Gasteiger partial charge on any atom is 0.237 e. The van der Waals surface area contributed by atoms with E-state index >= 15 is 0 Å². The van der Waals surface area contributed by atoms with Gasteiger partial charge in [0, 0.05) is 10.0 Å². The predicted molar refractivity (Wildman–Crippen MR) is 127 cm³/mol. The highest BCUT2D eigenvalue weighted by Gasteiger charge is 2.48. The number of benzene rings is 2. The highest BCUT2D eigenvalue weighted by atomic mass is 79.9. The Kier molecular flexibility index (Phi) is 5.71. The number of ketones is 1. The minimum Gasteiger partial charge on any atom is -0.293 e. The molecule has 2 heterocycles. The van der Waals surface area contributed by atoms with Crippen LogP contribution in [0.25, 0.3) is 10.2 Å². The monoisotopic (exact) mass is 514 g/mol. The molecular weight excluding hydrogens is 496 g/mol. The van der Waals surface area contributed by atoms with Crippen molar-refractivity contribution in [3.8, 4) is 0 Å². The number of carbonyl (C=O) groups excluding carboxylic acids is 3. The van der Waals surface area contributed by atoms with Gasteiger partial charge in [-0.3, -0.25) is 19.3 Å². The molecule has 158 valence electrons. The zero-order valence-electron chi connectivity index (χ0n) is 16.5. The van der Waals surface area contributed by atoms with E-state index in [0.717, 1.165) is 44.7 Å². The van der Waals surface area contributed by atoms with Crippen LogP contribution in [0.3, 0.4) is 0 Å². The molecule has 5 rings (SSSR count). The summed E-state index contributed by atoms with van der Waals surface area (Å²) >= 11 is 6.26. The number of amides is 2. The van der Waals surface area contributed by atoms with E-state index in [2.05, 4.69) is 20.9 Å². The number of Topliss-reactive ketones (excluding diaryl/α,β-unsaturated/α-hetero) is 1. The summed E-state index contributed by atoms with van der Waals surface area (Å²) < 4.78 is 2.64. The number of anilines is 1. The van der Waals surface area contributed by atoms with Crippen LogP contribution in [0.5, 0.6) is 0 Å². The molecule has 8 heteroatoms. The Balaban J connectivity index is 1.33. The molecular formula is C23H19BrN2O3S2. The number of aromatic nitrogens is 1. The number of rotatable bonds is 5. The van der Waals surface area contributed by atoms with Crippen LogP contribution in [0.2, 0.25) is 0 Å². The molecule has 2 aromatic carbocycles. The van der Waals surface area contributed by atoms with Crippen molar-refractivity contribution in [2.45, 2.75) is 30.0 Å². The van der Waals surface area contributed by atoms with Gasteiger partial charge in [-0.15, -0.1) is 11.3 Å². The molecule has 2 aliphatic rings. The molecule has 1 saturated heterocycles. The molecule has 0 spiro atoms. The fourth-order valence-corrected chi connectivity index (χ4v) is 6.62. The van der Waals surface area contributed by atoms with Crippen LogP contribution in [0, 0.1) is 11.8 Å². The first kappa shape index (κ1) is 20.8. The molecule has 0 N–H and O–H groups in total. The molecule has 5 nitrogen and oxygen atoms in total. The number of halogens is 1. The normalized spacial score (nSPS) is 21.0. The lowest BCUT2D eigenvalue weighted by Gasteiger charge is -2.19. The molecule has 2 atom stereocenters. The van der Waals surface area contributed by atoms with Crippen molar-refractivity contribution in [2.75, 3.05) is 10.7 Å². The summed E-state index contributed by atoms with van der Waals surface area (Å²) in [5.74, 6) is -0.0843. The first-order valence-corrected chi connectivity index (χ1v) is 12.8. The third-order valence-electron chi connectivity index (χ3n) is 5.94. The first-order chi connectivity index (χ1) is 15.0. The number of thioether (sulfide) groups is 1. The van der Waals surface area contributed by atoms with Crippen LogP contribution in [-0.2, 0) is 9.59 Å². The molecule has 1 aliphatic carbocycles. The highest BCUT2D eigenvalue weighted by Crippen LogP contribution is 2.41. The van der Waals surface area contributed by atoms with Gasteiger partial charge in [0.15, 0.2) is 10.1 Å². The quantitative estimate of drug-likeness (QED) is 0.247. The van der Waals surface area contributed by atoms with Crippen LogP contribution >= 0.6 is 39.0 Å². The van der Waals surface area contributed by atoms with E-state index in [0.29, 0.717) is 17.0 Å². The smallest absolute Gasteiger partial charge is 0.237 e. The van der Waals surface area contributed by atoms with Crippen molar-refractivity contribution in [3.63, 3.8) is 0 Å². The van der Waals surface area contributed by atoms with Gasteiger partial charge in [-0.2, -0.15) is 0 Å². The van der Waals surface area contributed by atoms with Crippen LogP contribution in [0.15, 0.2) is 51.3 Å². The Morgan fingerprint density at radius 1 is 1.06 bits per heavy atom. The van der Waals surface area contributed by atoms with Gasteiger partial charge in [0.05, 0.1) is 33.5 Å². The minimum absolute atomic E-state index is 0.0494. The fourth-order valence-electron chi connectivity index (χ4n) is 4.36. The fraction of sp³-hybridized carbons (Fsp3) is 0.304. The van der Waals surface area contributed by atoms with Gasteiger partial charge in [0.1, 0.15) is 0 Å². The Labute approximate surface area is 196 Å². The van der Waals surface area contributed by atoms with Gasteiger partial charge < -0.3 is 0 Å². The standard InChI is InChI=1S/C23H19BrN2O3S2/c24-14-7-5-13(6-8-14)19(27)12-30-23-25-18-10-9-15(11-20(18)31-23)26-21(28)16-3-1-2-4-17(16)22(26)29/h5-11,16-17H,1-4,12H2/t16-,17-/m1/s1. The molecule has 0 radical (unpaired) electrons. The van der Waals surface area contributed by atoms with Gasteiger partial charge in [-0.05, 0) is 43.2 Å². The third kappa shape index (κ3) is 3.97. The van der Waals surface area contributed by atoms with Crippen molar-refractivity contribution >= 4 is 72.5 Å². The summed E-state index contributed by atoms with van der Waals surface area (Å²) in [4.78, 5) is 44.2. The molecule has 1 aliphatic heterocycles. The molecule has 0 unspecified atom stereocenters. The van der Waals surface area contributed by atoms with E-state index in [1.54, 1.807) is 18.2 Å². The van der Waals surface area contributed by atoms with Crippen molar-refractivity contribution in [1.29, 1.82) is 0 Å². The van der Waals surface area contributed by atoms with E-state index in [4.69, 9.17) is 0 Å². The number of nitrogens with zero attached hydrogens (tertiary/aromatic N) is 2. The van der Waals surface area contributed by atoms with Gasteiger partial charge in [-0.1, -0.05) is 52.7 Å². The number of carbonyl (C=O) groups is 3. The summed E-state index contributed by atoms with van der Waals surface area (Å²) in [5.41, 5.74) is 2.11. The van der Waals surface area contributed by atoms with Gasteiger partial charge in [0.2, 0.25) is 11.8 Å². The van der Waals surface area contributed by atoms with E-state index in [9.17, 15) is 14.4 Å². The lowest BCUT2D eigenvalue weighted by molar-refractivity contribution is -0.122. The van der Waals surface area contributed by atoms with Crippen molar-refractivity contribution in [3.05, 3.63) is 52.5 Å². The largest absolute Gasteiger partial charge is 0.293 e. The second kappa shape index (κ2) is 8.48. The Morgan fingerprint density at radius 2 is 1.74 bits per heavy atom. The first-order valence-electron chi connectivity index (χ1n) is 10.2. The lowest BCUT2D eigenvalue weighted by atomic mass is 9.81. The van der Waals surface area contributed by atoms with Crippen LogP contribution < -0.4 is 4.90 Å². The maximum atomic E-state index is 12.9. The summed E-state index contributed by atoms with van der Waals surface area (Å²) in [7, 11) is 0. The van der Waals surface area contributed by atoms with Crippen molar-refractivity contribution in [1.82, 2.24) is 4.98 Å². The molecule has 31 heavy (non-hydrogen) atoms. The zero-order valence-corrected chi connectivity index (χ0v) is 19.8. The zero-order chi connectivity index (χ0) is 21.5. The molecule has 1 aromatic heterocycles. The van der Waals surface area contributed by atoms with Gasteiger partial charge in [-0.25, -0.2) is 4.98 Å². The second-order valence-corrected chi connectivity index (χ2v) is 11.0. The topological polar surface area (TPSA) is 67.3 Å². The number of hydrogen-bond acceptors (Lipinski definition) is 6. The van der Waals surface area contributed by atoms with Gasteiger partial charge >= 0.3 is 0 Å². The highest BCUT2D eigenvalue weighted by molar-refractivity contribution is 9.10. The number of imide groups is 1. The predicted octanol–water partition coefficient (Wildman–Crippen LogP) is 5.71. The SMILES string of the molecule is O=C(CSc1nc2ccc(N3C(=O)[C@@H]4CCCC[C@H]4C3=O)cc2s1)c1ccc(Br)cc1. The molecule has 2 fully saturated rings. The van der Waals surface area contributed by atoms with E-state index in [1.807, 2.05) is 24.3 Å². The molecule has 1 saturated carbocycles. The number of thiazole rings is 1. The maximum absolute atomic E-state index is 12.9. The van der Waals surface area contributed by atoms with Crippen molar-refractivity contribution < 1.29 is 14.4 Å². The number of hydrogen-bond donors (Lipinski definition) is 0. The molecule has 2 amide bonds. The van der Waals surface area contributed by atoms with Crippen molar-refractivity contribution in [2.24, 2.45) is 11.8 Å². The average Bonchev–Trinajstić information content (AvgIpc) is 3.30. The molecule has 3 aromatic rings. The van der Waals surface area contributed by atoms with E-state index in [-0.39, 0.29) is 29.4 Å². The number of fused-ring (bicyclic) bond motifs is 2. The van der Waals surface area contributed by atoms with E-state index in [1.165, 1.54) is 28.0 Å². The van der Waals surface area contributed by atoms with E-state index < -0.39 is 0 Å². The average molecular weight is 515 g/mol. The summed E-state index contributed by atoms with van der Waals surface area (Å²) in [5, 5.41) is 0. The Bertz CT molecular complexity index is 1170. The van der Waals surface area contributed by atoms with Crippen LogP contribution in [0.1, 0.15) is 36.0 Å². The Morgan fingerprint density at radius 3 is 2.42 bits per heavy atom. The second-order valence-electron chi connectivity index (χ2n) is 7.86. The molecule has 0 bridgehead atoms. The van der Waals surface area contributed by atoms with Crippen LogP contribution in [-0.4, -0.2) is 28.3 Å². The lowest BCUT2D eigenvalue weighted by Crippen LogP contribution is -2.30. The summed E-state index contributed by atoms with van der Waals surface area (Å²) in [6, 6.07) is 12.8. The van der Waals surface area contributed by atoms with Crippen LogP contribution in [0.4, 0.5) is 5.69 Å². The summed E-state index contributed by atoms with van der Waals surface area (Å²) in [6.45, 7) is 0.